The molecule has 0 spiro atoms. The Labute approximate surface area is 206 Å². The van der Waals surface area contributed by atoms with Crippen LogP contribution < -0.4 is 4.74 Å². The van der Waals surface area contributed by atoms with Gasteiger partial charge in [-0.25, -0.2) is 9.67 Å². The van der Waals surface area contributed by atoms with Crippen molar-refractivity contribution < 1.29 is 9.53 Å². The summed E-state index contributed by atoms with van der Waals surface area (Å²) in [5.74, 6) is 1.51. The number of benzene rings is 2. The van der Waals surface area contributed by atoms with Crippen LogP contribution in [0.1, 0.15) is 29.4 Å². The molecular formula is C29H30N4O2. The minimum Gasteiger partial charge on any atom is -0.481 e. The normalized spacial score (nSPS) is 17.8. The van der Waals surface area contributed by atoms with Gasteiger partial charge in [0.2, 0.25) is 5.88 Å². The smallest absolute Gasteiger partial charge is 0.274 e. The van der Waals surface area contributed by atoms with Crippen molar-refractivity contribution in [2.24, 2.45) is 11.8 Å². The minimum absolute atomic E-state index is 0.0209. The SMILES string of the molecule is COc1ccc(-n2nc(C(=O)N3CCC(Cc4ccccc4)C(C)C3)cc2-c2ccccc2)cn1. The van der Waals surface area contributed by atoms with Gasteiger partial charge in [0.1, 0.15) is 0 Å². The number of pyridine rings is 1. The fourth-order valence-electron chi connectivity index (χ4n) is 4.88. The maximum Gasteiger partial charge on any atom is 0.274 e. The van der Waals surface area contributed by atoms with E-state index in [1.165, 1.54) is 5.56 Å². The highest BCUT2D eigenvalue weighted by molar-refractivity contribution is 5.93. The van der Waals surface area contributed by atoms with E-state index in [1.807, 2.05) is 47.4 Å². The Hall–Kier alpha value is -3.93. The molecule has 3 heterocycles. The molecule has 0 N–H and O–H groups in total. The van der Waals surface area contributed by atoms with Gasteiger partial charge in [-0.15, -0.1) is 0 Å². The zero-order valence-corrected chi connectivity index (χ0v) is 20.2. The lowest BCUT2D eigenvalue weighted by atomic mass is 9.82. The number of carbonyl (C=O) groups excluding carboxylic acids is 1. The molecule has 5 rings (SSSR count). The number of piperidine rings is 1. The Morgan fingerprint density at radius 1 is 1.03 bits per heavy atom. The number of amides is 1. The summed E-state index contributed by atoms with van der Waals surface area (Å²) in [5.41, 5.74) is 4.44. The lowest BCUT2D eigenvalue weighted by Crippen LogP contribution is -2.43. The van der Waals surface area contributed by atoms with E-state index in [1.54, 1.807) is 24.1 Å². The zero-order chi connectivity index (χ0) is 24.2. The quantitative estimate of drug-likeness (QED) is 0.388. The molecule has 0 aliphatic carbocycles. The molecule has 1 aliphatic rings. The maximum atomic E-state index is 13.6. The lowest BCUT2D eigenvalue weighted by Gasteiger charge is -2.36. The highest BCUT2D eigenvalue weighted by Crippen LogP contribution is 2.29. The van der Waals surface area contributed by atoms with Gasteiger partial charge in [0.05, 0.1) is 24.7 Å². The van der Waals surface area contributed by atoms with Crippen LogP contribution in [0.2, 0.25) is 0 Å². The van der Waals surface area contributed by atoms with E-state index in [0.717, 1.165) is 42.9 Å². The van der Waals surface area contributed by atoms with Crippen molar-refractivity contribution in [1.29, 1.82) is 0 Å². The molecule has 2 aromatic carbocycles. The fraction of sp³-hybridized carbons (Fsp3) is 0.276. The monoisotopic (exact) mass is 466 g/mol. The van der Waals surface area contributed by atoms with Crippen LogP contribution in [0.15, 0.2) is 85.1 Å². The summed E-state index contributed by atoms with van der Waals surface area (Å²) < 4.78 is 6.99. The van der Waals surface area contributed by atoms with Crippen molar-refractivity contribution in [1.82, 2.24) is 19.7 Å². The topological polar surface area (TPSA) is 60.3 Å². The molecule has 2 aromatic heterocycles. The van der Waals surface area contributed by atoms with Crippen LogP contribution in [0.4, 0.5) is 0 Å². The average molecular weight is 467 g/mol. The molecule has 1 fully saturated rings. The summed E-state index contributed by atoms with van der Waals surface area (Å²) in [5, 5.41) is 4.74. The van der Waals surface area contributed by atoms with Crippen molar-refractivity contribution in [3.8, 4) is 22.8 Å². The Bertz CT molecular complexity index is 1270. The van der Waals surface area contributed by atoms with Crippen molar-refractivity contribution in [2.45, 2.75) is 19.8 Å². The molecule has 6 heteroatoms. The molecule has 1 aliphatic heterocycles. The van der Waals surface area contributed by atoms with Crippen LogP contribution in [-0.2, 0) is 6.42 Å². The van der Waals surface area contributed by atoms with Crippen LogP contribution in [-0.4, -0.2) is 45.8 Å². The number of aromatic nitrogens is 3. The van der Waals surface area contributed by atoms with Crippen molar-refractivity contribution >= 4 is 5.91 Å². The van der Waals surface area contributed by atoms with Gasteiger partial charge < -0.3 is 9.64 Å². The van der Waals surface area contributed by atoms with E-state index in [4.69, 9.17) is 9.84 Å². The molecule has 178 valence electrons. The molecule has 1 saturated heterocycles. The largest absolute Gasteiger partial charge is 0.481 e. The molecule has 0 bridgehead atoms. The minimum atomic E-state index is -0.0209. The molecule has 2 atom stereocenters. The second-order valence-electron chi connectivity index (χ2n) is 9.22. The third kappa shape index (κ3) is 4.97. The van der Waals surface area contributed by atoms with Gasteiger partial charge >= 0.3 is 0 Å². The standard InChI is InChI=1S/C29H30N4O2/c1-21-20-32(16-15-24(21)17-22-9-5-3-6-10-22)29(34)26-18-27(23-11-7-4-8-12-23)33(31-26)25-13-14-28(35-2)30-19-25/h3-14,18-19,21,24H,15-17,20H2,1-2H3. The van der Waals surface area contributed by atoms with Crippen LogP contribution in [0.5, 0.6) is 5.88 Å². The third-order valence-electron chi connectivity index (χ3n) is 6.88. The van der Waals surface area contributed by atoms with E-state index < -0.39 is 0 Å². The summed E-state index contributed by atoms with van der Waals surface area (Å²) in [7, 11) is 1.59. The summed E-state index contributed by atoms with van der Waals surface area (Å²) in [4.78, 5) is 19.8. The Morgan fingerprint density at radius 2 is 1.77 bits per heavy atom. The van der Waals surface area contributed by atoms with E-state index in [0.29, 0.717) is 23.4 Å². The summed E-state index contributed by atoms with van der Waals surface area (Å²) in [6, 6.07) is 26.2. The van der Waals surface area contributed by atoms with Crippen molar-refractivity contribution in [3.63, 3.8) is 0 Å². The van der Waals surface area contributed by atoms with E-state index in [-0.39, 0.29) is 5.91 Å². The van der Waals surface area contributed by atoms with E-state index in [2.05, 4.69) is 42.2 Å². The second-order valence-corrected chi connectivity index (χ2v) is 9.22. The first-order valence-corrected chi connectivity index (χ1v) is 12.1. The molecule has 0 saturated carbocycles. The van der Waals surface area contributed by atoms with Crippen molar-refractivity contribution in [2.75, 3.05) is 20.2 Å². The summed E-state index contributed by atoms with van der Waals surface area (Å²) in [6.45, 7) is 3.75. The van der Waals surface area contributed by atoms with Crippen LogP contribution in [0, 0.1) is 11.8 Å². The number of rotatable bonds is 6. The molecule has 35 heavy (non-hydrogen) atoms. The third-order valence-corrected chi connectivity index (χ3v) is 6.88. The number of ether oxygens (including phenoxy) is 1. The van der Waals surface area contributed by atoms with Crippen molar-refractivity contribution in [3.05, 3.63) is 96.3 Å². The van der Waals surface area contributed by atoms with E-state index >= 15 is 0 Å². The highest BCUT2D eigenvalue weighted by Gasteiger charge is 2.30. The van der Waals surface area contributed by atoms with Gasteiger partial charge in [0.15, 0.2) is 5.69 Å². The molecular weight excluding hydrogens is 436 g/mol. The number of methoxy groups -OCH3 is 1. The Morgan fingerprint density at radius 3 is 2.43 bits per heavy atom. The lowest BCUT2D eigenvalue weighted by molar-refractivity contribution is 0.0606. The molecule has 0 radical (unpaired) electrons. The number of likely N-dealkylation sites (tertiary alicyclic amines) is 1. The Kier molecular flexibility index (Phi) is 6.62. The fourth-order valence-corrected chi connectivity index (χ4v) is 4.88. The van der Waals surface area contributed by atoms with E-state index in [9.17, 15) is 4.79 Å². The number of nitrogens with zero attached hydrogens (tertiary/aromatic N) is 4. The second kappa shape index (κ2) is 10.1. The molecule has 2 unspecified atom stereocenters. The number of hydrogen-bond acceptors (Lipinski definition) is 4. The van der Waals surface area contributed by atoms with Gasteiger partial charge in [-0.1, -0.05) is 67.6 Å². The van der Waals surface area contributed by atoms with Gasteiger partial charge in [-0.2, -0.15) is 5.10 Å². The van der Waals surface area contributed by atoms with Crippen LogP contribution in [0.3, 0.4) is 0 Å². The number of carbonyl (C=O) groups is 1. The van der Waals surface area contributed by atoms with Gasteiger partial charge in [-0.3, -0.25) is 4.79 Å². The highest BCUT2D eigenvalue weighted by atomic mass is 16.5. The average Bonchev–Trinajstić information content (AvgIpc) is 3.36. The first-order chi connectivity index (χ1) is 17.1. The first kappa shape index (κ1) is 22.8. The summed E-state index contributed by atoms with van der Waals surface area (Å²) in [6.07, 6.45) is 3.77. The first-order valence-electron chi connectivity index (χ1n) is 12.1. The molecule has 6 nitrogen and oxygen atoms in total. The van der Waals surface area contributed by atoms with Gasteiger partial charge in [0, 0.05) is 24.7 Å². The van der Waals surface area contributed by atoms with Gasteiger partial charge in [-0.05, 0) is 42.4 Å². The Balaban J connectivity index is 1.38. The molecule has 1 amide bonds. The van der Waals surface area contributed by atoms with Crippen LogP contribution in [0.25, 0.3) is 16.9 Å². The van der Waals surface area contributed by atoms with Gasteiger partial charge in [0.25, 0.3) is 5.91 Å². The molecule has 4 aromatic rings. The van der Waals surface area contributed by atoms with Crippen LogP contribution >= 0.6 is 0 Å². The predicted molar refractivity (Wildman–Crippen MR) is 137 cm³/mol. The zero-order valence-electron chi connectivity index (χ0n) is 20.2. The summed E-state index contributed by atoms with van der Waals surface area (Å²) >= 11 is 0. The number of hydrogen-bond donors (Lipinski definition) is 0. The maximum absolute atomic E-state index is 13.6. The predicted octanol–water partition coefficient (Wildman–Crippen LogP) is 5.28.